The number of amides is 2. The fraction of sp³-hybridized carbons (Fsp3) is 0.414. The minimum atomic E-state index is -0.904. The van der Waals surface area contributed by atoms with Gasteiger partial charge in [-0.2, -0.15) is 10.4 Å². The molecule has 2 saturated heterocycles. The summed E-state index contributed by atoms with van der Waals surface area (Å²) in [6.07, 6.45) is 10.4. The van der Waals surface area contributed by atoms with Crippen LogP contribution >= 0.6 is 0 Å². The van der Waals surface area contributed by atoms with Crippen molar-refractivity contribution in [2.75, 3.05) is 23.4 Å². The number of carbonyl (C=O) groups is 2. The molecule has 2 aromatic heterocycles. The molecule has 0 radical (unpaired) electrons. The van der Waals surface area contributed by atoms with Gasteiger partial charge in [-0.05, 0) is 55.2 Å². The molecule has 1 N–H and O–H groups in total. The zero-order valence-corrected chi connectivity index (χ0v) is 21.2. The Hall–Kier alpha value is -4.03. The molecule has 1 aromatic carbocycles. The van der Waals surface area contributed by atoms with E-state index in [2.05, 4.69) is 21.5 Å². The highest BCUT2D eigenvalue weighted by atomic mass is 16.5. The average molecular weight is 511 g/mol. The van der Waals surface area contributed by atoms with Crippen LogP contribution in [0.5, 0.6) is 0 Å². The molecule has 2 amide bonds. The summed E-state index contributed by atoms with van der Waals surface area (Å²) in [5.74, 6) is 0.213. The van der Waals surface area contributed by atoms with E-state index in [9.17, 15) is 14.9 Å². The van der Waals surface area contributed by atoms with Gasteiger partial charge in [-0.3, -0.25) is 14.3 Å². The molecule has 0 bridgehead atoms. The van der Waals surface area contributed by atoms with E-state index in [0.717, 1.165) is 55.5 Å². The fourth-order valence-corrected chi connectivity index (χ4v) is 5.63. The molecule has 9 nitrogen and oxygen atoms in total. The SMILES string of the molecule is N#C[C@@]1(C2CC2)CCN(c2ccnc(NC(=O)Cc3cccc(-c4cnn(CC5CCCO5)c4)c3)c2)C1=O. The van der Waals surface area contributed by atoms with Gasteiger partial charge in [0.2, 0.25) is 11.8 Å². The van der Waals surface area contributed by atoms with E-state index in [4.69, 9.17) is 4.74 Å². The highest BCUT2D eigenvalue weighted by Crippen LogP contribution is 2.51. The second-order valence-electron chi connectivity index (χ2n) is 10.5. The number of ether oxygens (including phenoxy) is 1. The van der Waals surface area contributed by atoms with E-state index >= 15 is 0 Å². The summed E-state index contributed by atoms with van der Waals surface area (Å²) in [5, 5.41) is 17.1. The van der Waals surface area contributed by atoms with Crippen molar-refractivity contribution < 1.29 is 14.3 Å². The van der Waals surface area contributed by atoms with Gasteiger partial charge in [0.15, 0.2) is 0 Å². The second-order valence-corrected chi connectivity index (χ2v) is 10.5. The highest BCUT2D eigenvalue weighted by molar-refractivity contribution is 6.02. The Morgan fingerprint density at radius 3 is 2.89 bits per heavy atom. The first-order valence-electron chi connectivity index (χ1n) is 13.3. The van der Waals surface area contributed by atoms with Crippen molar-refractivity contribution in [1.82, 2.24) is 14.8 Å². The number of nitrogens with one attached hydrogen (secondary N) is 1. The van der Waals surface area contributed by atoms with Crippen LogP contribution in [-0.2, 0) is 27.3 Å². The van der Waals surface area contributed by atoms with Gasteiger partial charge in [0.05, 0.1) is 31.3 Å². The average Bonchev–Trinajstić information content (AvgIpc) is 3.31. The summed E-state index contributed by atoms with van der Waals surface area (Å²) in [6.45, 7) is 2.06. The third-order valence-corrected chi connectivity index (χ3v) is 7.83. The van der Waals surface area contributed by atoms with Crippen LogP contribution in [0.3, 0.4) is 0 Å². The molecule has 3 aliphatic rings. The summed E-state index contributed by atoms with van der Waals surface area (Å²) < 4.78 is 7.63. The molecule has 2 aliphatic heterocycles. The van der Waals surface area contributed by atoms with Gasteiger partial charge in [0.25, 0.3) is 0 Å². The first-order valence-corrected chi connectivity index (χ1v) is 13.3. The Bertz CT molecular complexity index is 1400. The van der Waals surface area contributed by atoms with Gasteiger partial charge in [-0.25, -0.2) is 4.98 Å². The van der Waals surface area contributed by atoms with Crippen LogP contribution in [0.4, 0.5) is 11.5 Å². The largest absolute Gasteiger partial charge is 0.376 e. The van der Waals surface area contributed by atoms with Crippen LogP contribution in [0.1, 0.15) is 37.7 Å². The van der Waals surface area contributed by atoms with E-state index in [1.165, 1.54) is 0 Å². The molecule has 1 aliphatic carbocycles. The molecule has 9 heteroatoms. The molecule has 3 fully saturated rings. The summed E-state index contributed by atoms with van der Waals surface area (Å²) in [6, 6.07) is 13.6. The van der Waals surface area contributed by atoms with Crippen LogP contribution in [0.2, 0.25) is 0 Å². The number of pyridine rings is 1. The Labute approximate surface area is 221 Å². The van der Waals surface area contributed by atoms with E-state index in [1.54, 1.807) is 23.2 Å². The number of hydrogen-bond donors (Lipinski definition) is 1. The summed E-state index contributed by atoms with van der Waals surface area (Å²) in [7, 11) is 0. The molecule has 6 rings (SSSR count). The lowest BCUT2D eigenvalue weighted by molar-refractivity contribution is -0.123. The van der Waals surface area contributed by atoms with Crippen molar-refractivity contribution in [3.05, 3.63) is 60.6 Å². The van der Waals surface area contributed by atoms with E-state index < -0.39 is 5.41 Å². The quantitative estimate of drug-likeness (QED) is 0.491. The number of nitriles is 1. The Kier molecular flexibility index (Phi) is 6.42. The van der Waals surface area contributed by atoms with Gasteiger partial charge in [-0.1, -0.05) is 24.3 Å². The van der Waals surface area contributed by atoms with E-state index in [1.807, 2.05) is 41.3 Å². The van der Waals surface area contributed by atoms with Crippen molar-refractivity contribution in [2.45, 2.75) is 51.2 Å². The van der Waals surface area contributed by atoms with Crippen LogP contribution in [0.15, 0.2) is 55.0 Å². The normalized spacial score (nSPS) is 23.0. The number of nitrogens with zero attached hydrogens (tertiary/aromatic N) is 5. The smallest absolute Gasteiger partial charge is 0.247 e. The molecule has 4 heterocycles. The number of carbonyl (C=O) groups excluding carboxylic acids is 2. The van der Waals surface area contributed by atoms with Crippen LogP contribution in [0, 0.1) is 22.7 Å². The van der Waals surface area contributed by atoms with Crippen molar-refractivity contribution >= 4 is 23.3 Å². The molecular formula is C29H30N6O3. The molecule has 2 atom stereocenters. The molecular weight excluding hydrogens is 480 g/mol. The molecule has 1 saturated carbocycles. The van der Waals surface area contributed by atoms with Crippen molar-refractivity contribution in [3.63, 3.8) is 0 Å². The Balaban J connectivity index is 1.10. The third kappa shape index (κ3) is 4.79. The minimum absolute atomic E-state index is 0.137. The molecule has 0 spiro atoms. The Morgan fingerprint density at radius 1 is 1.21 bits per heavy atom. The number of hydrogen-bond acceptors (Lipinski definition) is 6. The van der Waals surface area contributed by atoms with Crippen molar-refractivity contribution in [2.24, 2.45) is 11.3 Å². The van der Waals surface area contributed by atoms with Gasteiger partial charge < -0.3 is 15.0 Å². The summed E-state index contributed by atoms with van der Waals surface area (Å²) in [4.78, 5) is 31.9. The number of aromatic nitrogens is 3. The van der Waals surface area contributed by atoms with E-state index in [0.29, 0.717) is 24.5 Å². The van der Waals surface area contributed by atoms with Gasteiger partial charge in [-0.15, -0.1) is 0 Å². The predicted molar refractivity (Wildman–Crippen MR) is 141 cm³/mol. The summed E-state index contributed by atoms with van der Waals surface area (Å²) >= 11 is 0. The lowest BCUT2D eigenvalue weighted by Gasteiger charge is -2.21. The molecule has 1 unspecified atom stereocenters. The van der Waals surface area contributed by atoms with Gasteiger partial charge >= 0.3 is 0 Å². The fourth-order valence-electron chi connectivity index (χ4n) is 5.63. The van der Waals surface area contributed by atoms with E-state index in [-0.39, 0.29) is 30.3 Å². The lowest BCUT2D eigenvalue weighted by atomic mass is 9.83. The minimum Gasteiger partial charge on any atom is -0.376 e. The number of benzene rings is 1. The van der Waals surface area contributed by atoms with Gasteiger partial charge in [0, 0.05) is 42.9 Å². The maximum Gasteiger partial charge on any atom is 0.247 e. The second kappa shape index (κ2) is 10.0. The third-order valence-electron chi connectivity index (χ3n) is 7.83. The molecule has 38 heavy (non-hydrogen) atoms. The Morgan fingerprint density at radius 2 is 2.11 bits per heavy atom. The van der Waals surface area contributed by atoms with Crippen LogP contribution < -0.4 is 10.2 Å². The zero-order chi connectivity index (χ0) is 26.1. The standard InChI is InChI=1S/C29H30N6O3/c30-19-29(23-6-7-23)9-11-35(28(29)37)24-8-10-31-26(15-24)33-27(36)14-20-3-1-4-21(13-20)22-16-32-34(17-22)18-25-5-2-12-38-25/h1,3-4,8,10,13,15-17,23,25H,2,5-7,9,11-12,14,18H2,(H,31,33,36)/t25?,29-/m1/s1. The first-order chi connectivity index (χ1) is 18.5. The first kappa shape index (κ1) is 24.3. The molecule has 3 aromatic rings. The number of rotatable bonds is 8. The maximum atomic E-state index is 13.1. The zero-order valence-electron chi connectivity index (χ0n) is 21.2. The highest BCUT2D eigenvalue weighted by Gasteiger charge is 2.56. The van der Waals surface area contributed by atoms with Crippen molar-refractivity contribution in [3.8, 4) is 17.2 Å². The maximum absolute atomic E-state index is 13.1. The van der Waals surface area contributed by atoms with Crippen LogP contribution in [-0.4, -0.2) is 45.8 Å². The topological polar surface area (TPSA) is 113 Å². The van der Waals surface area contributed by atoms with Crippen molar-refractivity contribution in [1.29, 1.82) is 5.26 Å². The lowest BCUT2D eigenvalue weighted by Crippen LogP contribution is -2.35. The predicted octanol–water partition coefficient (Wildman–Crippen LogP) is 3.96. The summed E-state index contributed by atoms with van der Waals surface area (Å²) in [5.41, 5.74) is 2.62. The molecule has 194 valence electrons. The monoisotopic (exact) mass is 510 g/mol. The van der Waals surface area contributed by atoms with Crippen LogP contribution in [0.25, 0.3) is 11.1 Å². The number of anilines is 2. The van der Waals surface area contributed by atoms with Gasteiger partial charge in [0.1, 0.15) is 11.2 Å².